The van der Waals surface area contributed by atoms with Crippen molar-refractivity contribution in [3.8, 4) is 0 Å². The molecule has 3 fully saturated rings. The summed E-state index contributed by atoms with van der Waals surface area (Å²) in [4.78, 5) is 32.9. The van der Waals surface area contributed by atoms with Crippen molar-refractivity contribution in [2.45, 2.75) is 90.5 Å². The number of amides is 1. The molecule has 0 aliphatic heterocycles. The smallest absolute Gasteiger partial charge is 0.249 e. The summed E-state index contributed by atoms with van der Waals surface area (Å²) in [5.41, 5.74) is 0.0801. The molecule has 0 radical (unpaired) electrons. The van der Waals surface area contributed by atoms with Gasteiger partial charge in [-0.2, -0.15) is 0 Å². The lowest BCUT2D eigenvalue weighted by Gasteiger charge is -2.60. The number of nitrogens with zero attached hydrogens (tertiary/aromatic N) is 2. The Morgan fingerprint density at radius 3 is 2.71 bits per heavy atom. The summed E-state index contributed by atoms with van der Waals surface area (Å²) in [7, 11) is 1.53. The molecular formula is C31H44N2O5. The molecule has 4 aliphatic rings. The van der Waals surface area contributed by atoms with E-state index in [2.05, 4.69) is 32.7 Å². The molecule has 0 saturated heterocycles. The number of aromatic nitrogens is 1. The van der Waals surface area contributed by atoms with Gasteiger partial charge in [0.25, 0.3) is 0 Å². The fraction of sp³-hybridized carbons (Fsp3) is 0.710. The zero-order chi connectivity index (χ0) is 27.5. The molecule has 1 aromatic heterocycles. The Labute approximate surface area is 226 Å². The number of pyridine rings is 1. The maximum absolute atomic E-state index is 13.5. The number of allylic oxidation sites excluding steroid dienone is 1. The number of hydrogen-bond donors (Lipinski definition) is 2. The van der Waals surface area contributed by atoms with Crippen LogP contribution in [0.3, 0.4) is 0 Å². The van der Waals surface area contributed by atoms with E-state index >= 15 is 0 Å². The normalized spacial score (nSPS) is 41.0. The first kappa shape index (κ1) is 27.5. The zero-order valence-electron chi connectivity index (χ0n) is 23.5. The molecule has 0 aromatic carbocycles. The Bertz CT molecular complexity index is 1110. The number of aliphatic hydroxyl groups excluding tert-OH is 1. The molecule has 1 heterocycles. The predicted molar refractivity (Wildman–Crippen MR) is 144 cm³/mol. The molecule has 0 spiro atoms. The highest BCUT2D eigenvalue weighted by Gasteiger charge is 2.67. The first-order valence-electron chi connectivity index (χ1n) is 14.3. The van der Waals surface area contributed by atoms with Gasteiger partial charge < -0.3 is 19.8 Å². The van der Waals surface area contributed by atoms with E-state index in [4.69, 9.17) is 4.74 Å². The molecule has 7 unspecified atom stereocenters. The molecule has 1 amide bonds. The Balaban J connectivity index is 1.47. The highest BCUT2D eigenvalue weighted by Crippen LogP contribution is 2.68. The molecule has 208 valence electrons. The number of ether oxygens (including phenoxy) is 1. The average Bonchev–Trinajstić information content (AvgIpc) is 3.16. The van der Waals surface area contributed by atoms with E-state index in [-0.39, 0.29) is 53.4 Å². The first-order chi connectivity index (χ1) is 18.0. The summed E-state index contributed by atoms with van der Waals surface area (Å²) >= 11 is 0. The van der Waals surface area contributed by atoms with Gasteiger partial charge in [0, 0.05) is 43.4 Å². The molecule has 3 saturated carbocycles. The Hall–Kier alpha value is -2.09. The van der Waals surface area contributed by atoms with Crippen LogP contribution in [0, 0.1) is 34.5 Å². The van der Waals surface area contributed by atoms with Crippen molar-refractivity contribution in [2.24, 2.45) is 34.5 Å². The Morgan fingerprint density at radius 2 is 2.03 bits per heavy atom. The van der Waals surface area contributed by atoms with E-state index < -0.39 is 17.1 Å². The van der Waals surface area contributed by atoms with Gasteiger partial charge in [-0.1, -0.05) is 26.8 Å². The largest absolute Gasteiger partial charge is 0.393 e. The molecule has 7 nitrogen and oxygen atoms in total. The second-order valence-corrected chi connectivity index (χ2v) is 13.1. The lowest BCUT2D eigenvalue weighted by atomic mass is 9.45. The molecule has 2 N–H and O–H groups in total. The van der Waals surface area contributed by atoms with Gasteiger partial charge >= 0.3 is 0 Å². The van der Waals surface area contributed by atoms with Gasteiger partial charge in [0.05, 0.1) is 11.7 Å². The molecule has 5 rings (SSSR count). The van der Waals surface area contributed by atoms with Gasteiger partial charge in [-0.3, -0.25) is 14.6 Å². The number of ketones is 1. The SMILES string of the molecule is COCC(=O)N(Cc1cccnc1)C(C)C1CC[C@@]2(O)C3=CC(=O)C4C[C@@H](O)C(C)CC4(C)C3CCC12C. The predicted octanol–water partition coefficient (Wildman–Crippen LogP) is 3.92. The van der Waals surface area contributed by atoms with Crippen LogP contribution in [0.25, 0.3) is 0 Å². The summed E-state index contributed by atoms with van der Waals surface area (Å²) in [6.45, 7) is 9.01. The molecule has 38 heavy (non-hydrogen) atoms. The monoisotopic (exact) mass is 524 g/mol. The van der Waals surface area contributed by atoms with Crippen molar-refractivity contribution in [1.29, 1.82) is 0 Å². The maximum atomic E-state index is 13.5. The summed E-state index contributed by atoms with van der Waals surface area (Å²) < 4.78 is 5.23. The minimum absolute atomic E-state index is 0.00378. The molecule has 9 atom stereocenters. The van der Waals surface area contributed by atoms with Crippen LogP contribution in [0.1, 0.15) is 71.8 Å². The fourth-order valence-corrected chi connectivity index (χ4v) is 9.07. The minimum atomic E-state index is -1.08. The summed E-state index contributed by atoms with van der Waals surface area (Å²) in [6.07, 6.45) is 9.25. The fourth-order valence-electron chi connectivity index (χ4n) is 9.07. The van der Waals surface area contributed by atoms with E-state index in [0.29, 0.717) is 19.4 Å². The van der Waals surface area contributed by atoms with Crippen molar-refractivity contribution in [3.05, 3.63) is 41.7 Å². The Morgan fingerprint density at radius 1 is 1.26 bits per heavy atom. The van der Waals surface area contributed by atoms with Crippen LogP contribution in [0.2, 0.25) is 0 Å². The minimum Gasteiger partial charge on any atom is -0.393 e. The number of methoxy groups -OCH3 is 1. The third-order valence-electron chi connectivity index (χ3n) is 11.3. The second kappa shape index (κ2) is 9.83. The van der Waals surface area contributed by atoms with Crippen molar-refractivity contribution in [2.75, 3.05) is 13.7 Å². The van der Waals surface area contributed by atoms with Crippen molar-refractivity contribution in [3.63, 3.8) is 0 Å². The van der Waals surface area contributed by atoms with E-state index in [1.54, 1.807) is 18.5 Å². The van der Waals surface area contributed by atoms with Crippen LogP contribution in [0.5, 0.6) is 0 Å². The topological polar surface area (TPSA) is 100.0 Å². The van der Waals surface area contributed by atoms with E-state index in [1.807, 2.05) is 17.0 Å². The van der Waals surface area contributed by atoms with Crippen LogP contribution in [0.15, 0.2) is 36.2 Å². The van der Waals surface area contributed by atoms with E-state index in [9.17, 15) is 19.8 Å². The van der Waals surface area contributed by atoms with Gasteiger partial charge in [-0.25, -0.2) is 0 Å². The third kappa shape index (κ3) is 4.08. The number of carbonyl (C=O) groups is 2. The van der Waals surface area contributed by atoms with E-state index in [0.717, 1.165) is 36.8 Å². The van der Waals surface area contributed by atoms with E-state index in [1.165, 1.54) is 7.11 Å². The van der Waals surface area contributed by atoms with Crippen molar-refractivity contribution >= 4 is 11.7 Å². The number of carbonyl (C=O) groups excluding carboxylic acids is 2. The van der Waals surface area contributed by atoms with Gasteiger partial charge in [0.1, 0.15) is 6.61 Å². The number of hydrogen-bond acceptors (Lipinski definition) is 6. The standard InChI is InChI=1S/C31H44N2O5/c1-19-15-29(3)23-8-10-30(4)22(9-11-31(30,37)24(23)13-27(35)25(29)14-26(19)34)20(2)33(28(36)18-38-5)17-21-7-6-12-32-16-21/h6-7,12-13,16,19-20,22-23,25-26,34,37H,8-11,14-15,17-18H2,1-5H3/t19?,20?,22?,23?,25?,26-,29?,30?,31-/m1/s1. The molecule has 4 aliphatic carbocycles. The Kier molecular flexibility index (Phi) is 7.11. The van der Waals surface area contributed by atoms with Crippen LogP contribution in [-0.2, 0) is 20.9 Å². The average molecular weight is 525 g/mol. The number of rotatable bonds is 6. The van der Waals surface area contributed by atoms with Gasteiger partial charge in [0.2, 0.25) is 5.91 Å². The molecule has 1 aromatic rings. The highest BCUT2D eigenvalue weighted by atomic mass is 16.5. The second-order valence-electron chi connectivity index (χ2n) is 13.1. The highest BCUT2D eigenvalue weighted by molar-refractivity contribution is 5.95. The summed E-state index contributed by atoms with van der Waals surface area (Å²) in [5.74, 6) is 0.137. The first-order valence-corrected chi connectivity index (χ1v) is 14.3. The molecular weight excluding hydrogens is 480 g/mol. The lowest BCUT2D eigenvalue weighted by Crippen LogP contribution is -2.61. The van der Waals surface area contributed by atoms with Crippen LogP contribution in [-0.4, -0.2) is 63.3 Å². The van der Waals surface area contributed by atoms with Gasteiger partial charge in [-0.15, -0.1) is 0 Å². The third-order valence-corrected chi connectivity index (χ3v) is 11.3. The van der Waals surface area contributed by atoms with Gasteiger partial charge in [-0.05, 0) is 91.9 Å². The van der Waals surface area contributed by atoms with Crippen molar-refractivity contribution < 1.29 is 24.5 Å². The summed E-state index contributed by atoms with van der Waals surface area (Å²) in [6, 6.07) is 3.73. The molecule has 7 heteroatoms. The van der Waals surface area contributed by atoms with Crippen LogP contribution >= 0.6 is 0 Å². The quantitative estimate of drug-likeness (QED) is 0.585. The van der Waals surface area contributed by atoms with Gasteiger partial charge in [0.15, 0.2) is 5.78 Å². The zero-order valence-corrected chi connectivity index (χ0v) is 23.5. The van der Waals surface area contributed by atoms with Crippen molar-refractivity contribution in [1.82, 2.24) is 9.88 Å². The number of aliphatic hydroxyl groups is 2. The maximum Gasteiger partial charge on any atom is 0.249 e. The lowest BCUT2D eigenvalue weighted by molar-refractivity contribution is -0.149. The van der Waals surface area contributed by atoms with Crippen LogP contribution < -0.4 is 0 Å². The van der Waals surface area contributed by atoms with Crippen LogP contribution in [0.4, 0.5) is 0 Å². The number of fused-ring (bicyclic) bond motifs is 5. The summed E-state index contributed by atoms with van der Waals surface area (Å²) in [5, 5.41) is 23.1. The molecule has 0 bridgehead atoms.